The molecule has 0 N–H and O–H groups in total. The van der Waals surface area contributed by atoms with E-state index in [0.717, 1.165) is 15.2 Å². The molecule has 1 saturated heterocycles. The van der Waals surface area contributed by atoms with E-state index in [1.807, 2.05) is 31.3 Å². The highest BCUT2D eigenvalue weighted by molar-refractivity contribution is 7.18. The van der Waals surface area contributed by atoms with Gasteiger partial charge in [0.25, 0.3) is 5.91 Å². The Morgan fingerprint density at radius 3 is 2.70 bits per heavy atom. The zero-order chi connectivity index (χ0) is 18.8. The Labute approximate surface area is 161 Å². The van der Waals surface area contributed by atoms with Crippen molar-refractivity contribution in [2.45, 2.75) is 19.4 Å². The van der Waals surface area contributed by atoms with Crippen LogP contribution in [0.3, 0.4) is 0 Å². The van der Waals surface area contributed by atoms with Crippen LogP contribution in [0.15, 0.2) is 47.1 Å². The lowest BCUT2D eigenvalue weighted by atomic mass is 9.95. The molecule has 2 amide bonds. The summed E-state index contributed by atoms with van der Waals surface area (Å²) in [6.07, 6.45) is 2.85. The van der Waals surface area contributed by atoms with Crippen LogP contribution in [0.25, 0.3) is 10.2 Å². The number of aromatic nitrogens is 1. The number of para-hydroxylation sites is 1. The van der Waals surface area contributed by atoms with E-state index in [4.69, 9.17) is 4.42 Å². The third-order valence-electron chi connectivity index (χ3n) is 4.95. The maximum Gasteiger partial charge on any atom is 0.289 e. The zero-order valence-corrected chi connectivity index (χ0v) is 15.9. The third kappa shape index (κ3) is 3.73. The molecule has 27 heavy (non-hydrogen) atoms. The summed E-state index contributed by atoms with van der Waals surface area (Å²) in [5, 5.41) is 0.942. The number of hydrogen-bond acceptors (Lipinski definition) is 5. The Bertz CT molecular complexity index is 909. The molecule has 0 saturated carbocycles. The topological polar surface area (TPSA) is 66.7 Å². The van der Waals surface area contributed by atoms with Gasteiger partial charge in [-0.3, -0.25) is 9.59 Å². The highest BCUT2D eigenvalue weighted by Gasteiger charge is 2.30. The van der Waals surface area contributed by atoms with E-state index in [9.17, 15) is 9.59 Å². The molecule has 3 aromatic rings. The molecule has 1 aliphatic heterocycles. The van der Waals surface area contributed by atoms with Crippen LogP contribution in [0.2, 0.25) is 0 Å². The number of rotatable bonds is 4. The van der Waals surface area contributed by atoms with Crippen molar-refractivity contribution in [1.29, 1.82) is 0 Å². The number of benzene rings is 1. The Kier molecular flexibility index (Phi) is 4.94. The van der Waals surface area contributed by atoms with E-state index >= 15 is 0 Å². The van der Waals surface area contributed by atoms with E-state index in [0.29, 0.717) is 38.2 Å². The smallest absolute Gasteiger partial charge is 0.289 e. The van der Waals surface area contributed by atoms with Gasteiger partial charge in [0.2, 0.25) is 5.91 Å². The number of fused-ring (bicyclic) bond motifs is 1. The summed E-state index contributed by atoms with van der Waals surface area (Å²) in [5.74, 6) is 0.325. The van der Waals surface area contributed by atoms with Crippen LogP contribution in [0.1, 0.15) is 28.4 Å². The zero-order valence-electron chi connectivity index (χ0n) is 15.1. The van der Waals surface area contributed by atoms with E-state index in [-0.39, 0.29) is 17.7 Å². The van der Waals surface area contributed by atoms with Crippen LogP contribution in [0.5, 0.6) is 0 Å². The number of piperidine rings is 1. The molecule has 140 valence electrons. The standard InChI is InChI=1S/C20H21N3O3S/c1-22(13-18-21-15-5-2-3-7-17(15)27-18)19(24)14-8-10-23(11-9-14)20(25)16-6-4-12-26-16/h2-7,12,14H,8-11,13H2,1H3. The quantitative estimate of drug-likeness (QED) is 0.693. The molecule has 7 heteroatoms. The van der Waals surface area contributed by atoms with E-state index in [1.165, 1.54) is 6.26 Å². The van der Waals surface area contributed by atoms with Gasteiger partial charge in [0, 0.05) is 26.1 Å². The van der Waals surface area contributed by atoms with E-state index in [1.54, 1.807) is 33.3 Å². The molecule has 4 rings (SSSR count). The number of hydrogen-bond donors (Lipinski definition) is 0. The van der Waals surface area contributed by atoms with Crippen LogP contribution < -0.4 is 0 Å². The van der Waals surface area contributed by atoms with Gasteiger partial charge in [-0.1, -0.05) is 12.1 Å². The van der Waals surface area contributed by atoms with Gasteiger partial charge in [-0.25, -0.2) is 4.98 Å². The summed E-state index contributed by atoms with van der Waals surface area (Å²) in [6.45, 7) is 1.67. The molecule has 0 radical (unpaired) electrons. The summed E-state index contributed by atoms with van der Waals surface area (Å²) >= 11 is 1.62. The van der Waals surface area contributed by atoms with Gasteiger partial charge in [0.05, 0.1) is 23.0 Å². The summed E-state index contributed by atoms with van der Waals surface area (Å²) in [5.41, 5.74) is 0.975. The van der Waals surface area contributed by atoms with Crippen LogP contribution >= 0.6 is 11.3 Å². The third-order valence-corrected chi connectivity index (χ3v) is 5.97. The maximum atomic E-state index is 12.8. The second-order valence-corrected chi connectivity index (χ2v) is 7.93. The number of nitrogens with zero attached hydrogens (tertiary/aromatic N) is 3. The first-order chi connectivity index (χ1) is 13.1. The molecule has 0 aliphatic carbocycles. The Morgan fingerprint density at radius 2 is 2.00 bits per heavy atom. The molecule has 0 unspecified atom stereocenters. The molecule has 1 aliphatic rings. The lowest BCUT2D eigenvalue weighted by Crippen LogP contribution is -2.43. The van der Waals surface area contributed by atoms with Crippen LogP contribution in [0, 0.1) is 5.92 Å². The number of amides is 2. The molecular formula is C20H21N3O3S. The van der Waals surface area contributed by atoms with E-state index in [2.05, 4.69) is 4.98 Å². The van der Waals surface area contributed by atoms with Crippen molar-refractivity contribution in [3.63, 3.8) is 0 Å². The summed E-state index contributed by atoms with van der Waals surface area (Å²) < 4.78 is 6.32. The lowest BCUT2D eigenvalue weighted by Gasteiger charge is -2.32. The Morgan fingerprint density at radius 1 is 1.22 bits per heavy atom. The molecule has 1 fully saturated rings. The van der Waals surface area contributed by atoms with Gasteiger partial charge in [0.1, 0.15) is 5.01 Å². The van der Waals surface area contributed by atoms with Crippen LogP contribution in [-0.4, -0.2) is 46.7 Å². The van der Waals surface area contributed by atoms with Gasteiger partial charge in [0.15, 0.2) is 5.76 Å². The fraction of sp³-hybridized carbons (Fsp3) is 0.350. The van der Waals surface area contributed by atoms with Gasteiger partial charge in [-0.2, -0.15) is 0 Å². The molecular weight excluding hydrogens is 362 g/mol. The predicted molar refractivity (Wildman–Crippen MR) is 103 cm³/mol. The number of carbonyl (C=O) groups is 2. The molecule has 0 atom stereocenters. The largest absolute Gasteiger partial charge is 0.459 e. The van der Waals surface area contributed by atoms with Crippen molar-refractivity contribution >= 4 is 33.4 Å². The number of furan rings is 1. The summed E-state index contributed by atoms with van der Waals surface area (Å²) in [4.78, 5) is 33.3. The summed E-state index contributed by atoms with van der Waals surface area (Å²) in [7, 11) is 1.83. The Hall–Kier alpha value is -2.67. The van der Waals surface area contributed by atoms with Crippen LogP contribution in [-0.2, 0) is 11.3 Å². The summed E-state index contributed by atoms with van der Waals surface area (Å²) in [6, 6.07) is 11.4. The minimum atomic E-state index is -0.103. The number of carbonyl (C=O) groups excluding carboxylic acids is 2. The minimum Gasteiger partial charge on any atom is -0.459 e. The lowest BCUT2D eigenvalue weighted by molar-refractivity contribution is -0.136. The maximum absolute atomic E-state index is 12.8. The van der Waals surface area contributed by atoms with Gasteiger partial charge < -0.3 is 14.2 Å². The van der Waals surface area contributed by atoms with Gasteiger partial charge in [-0.05, 0) is 37.1 Å². The van der Waals surface area contributed by atoms with Gasteiger partial charge >= 0.3 is 0 Å². The van der Waals surface area contributed by atoms with E-state index < -0.39 is 0 Å². The van der Waals surface area contributed by atoms with Crippen molar-refractivity contribution in [3.05, 3.63) is 53.4 Å². The average Bonchev–Trinajstić information content (AvgIpc) is 3.36. The fourth-order valence-corrected chi connectivity index (χ4v) is 4.49. The predicted octanol–water partition coefficient (Wildman–Crippen LogP) is 3.40. The SMILES string of the molecule is CN(Cc1nc2ccccc2s1)C(=O)C1CCN(C(=O)c2ccco2)CC1. The van der Waals surface area contributed by atoms with Gasteiger partial charge in [-0.15, -0.1) is 11.3 Å². The molecule has 0 spiro atoms. The second-order valence-electron chi connectivity index (χ2n) is 6.81. The van der Waals surface area contributed by atoms with Crippen molar-refractivity contribution < 1.29 is 14.0 Å². The Balaban J connectivity index is 1.33. The first kappa shape index (κ1) is 17.7. The van der Waals surface area contributed by atoms with Crippen molar-refractivity contribution in [1.82, 2.24) is 14.8 Å². The minimum absolute atomic E-state index is 0.0509. The fourth-order valence-electron chi connectivity index (χ4n) is 3.47. The molecule has 1 aromatic carbocycles. The normalized spacial score (nSPS) is 15.2. The number of likely N-dealkylation sites (tertiary alicyclic amines) is 1. The highest BCUT2D eigenvalue weighted by Crippen LogP contribution is 2.25. The first-order valence-electron chi connectivity index (χ1n) is 9.04. The average molecular weight is 383 g/mol. The molecule has 0 bridgehead atoms. The highest BCUT2D eigenvalue weighted by atomic mass is 32.1. The van der Waals surface area contributed by atoms with Crippen molar-refractivity contribution in [3.8, 4) is 0 Å². The first-order valence-corrected chi connectivity index (χ1v) is 9.85. The van der Waals surface area contributed by atoms with Crippen molar-refractivity contribution in [2.24, 2.45) is 5.92 Å². The monoisotopic (exact) mass is 383 g/mol. The molecule has 6 nitrogen and oxygen atoms in total. The molecule has 3 heterocycles. The molecule has 2 aromatic heterocycles. The second kappa shape index (κ2) is 7.52. The van der Waals surface area contributed by atoms with Crippen molar-refractivity contribution in [2.75, 3.05) is 20.1 Å². The van der Waals surface area contributed by atoms with Crippen LogP contribution in [0.4, 0.5) is 0 Å². The number of thiazole rings is 1.